The summed E-state index contributed by atoms with van der Waals surface area (Å²) in [7, 11) is 0. The Hall–Kier alpha value is -4.00. The Bertz CT molecular complexity index is 1210. The van der Waals surface area contributed by atoms with Gasteiger partial charge in [-0.25, -0.2) is 9.48 Å². The van der Waals surface area contributed by atoms with E-state index in [0.29, 0.717) is 17.8 Å². The molecule has 0 spiro atoms. The molecule has 1 atom stereocenters. The second kappa shape index (κ2) is 8.79. The largest absolute Gasteiger partial charge is 0.449 e. The van der Waals surface area contributed by atoms with Gasteiger partial charge in [-0.1, -0.05) is 47.2 Å². The van der Waals surface area contributed by atoms with Gasteiger partial charge in [0, 0.05) is 5.69 Å². The maximum absolute atomic E-state index is 12.4. The number of hydrogen-bond acceptors (Lipinski definition) is 5. The van der Waals surface area contributed by atoms with Gasteiger partial charge in [-0.3, -0.25) is 4.79 Å². The second-order valence-electron chi connectivity index (χ2n) is 7.34. The van der Waals surface area contributed by atoms with E-state index in [2.05, 4.69) is 15.6 Å². The molecule has 0 unspecified atom stereocenters. The molecule has 4 rings (SSSR count). The molecule has 3 aromatic carbocycles. The molecule has 7 nitrogen and oxygen atoms in total. The molecule has 0 saturated heterocycles. The molecule has 1 heterocycles. The number of esters is 1. The van der Waals surface area contributed by atoms with Gasteiger partial charge in [0.15, 0.2) is 6.10 Å². The molecule has 0 aliphatic heterocycles. The lowest BCUT2D eigenvalue weighted by Crippen LogP contribution is -2.30. The molecule has 31 heavy (non-hydrogen) atoms. The molecule has 156 valence electrons. The number of ether oxygens (including phenoxy) is 1. The molecule has 0 bridgehead atoms. The van der Waals surface area contributed by atoms with Gasteiger partial charge in [0.1, 0.15) is 5.52 Å². The fraction of sp³-hybridized carbons (Fsp3) is 0.167. The Kier molecular flexibility index (Phi) is 5.75. The van der Waals surface area contributed by atoms with Gasteiger partial charge in [-0.15, -0.1) is 5.10 Å². The van der Waals surface area contributed by atoms with Crippen LogP contribution in [0.4, 0.5) is 5.69 Å². The lowest BCUT2D eigenvalue weighted by Gasteiger charge is -2.14. The molecule has 1 aromatic heterocycles. The summed E-state index contributed by atoms with van der Waals surface area (Å²) in [6, 6.07) is 22.2. The first kappa shape index (κ1) is 20.3. The molecular weight excluding hydrogens is 392 g/mol. The van der Waals surface area contributed by atoms with E-state index in [9.17, 15) is 9.59 Å². The third-order valence-corrected chi connectivity index (χ3v) is 4.91. The van der Waals surface area contributed by atoms with Crippen LogP contribution in [0.3, 0.4) is 0 Å². The number of anilines is 1. The average Bonchev–Trinajstić information content (AvgIpc) is 3.18. The van der Waals surface area contributed by atoms with E-state index >= 15 is 0 Å². The number of fused-ring (bicyclic) bond motifs is 1. The van der Waals surface area contributed by atoms with Crippen LogP contribution in [0.25, 0.3) is 11.0 Å². The first-order valence-corrected chi connectivity index (χ1v) is 9.95. The van der Waals surface area contributed by atoms with Gasteiger partial charge in [-0.05, 0) is 55.8 Å². The van der Waals surface area contributed by atoms with Gasteiger partial charge in [0.25, 0.3) is 5.91 Å². The molecule has 7 heteroatoms. The van der Waals surface area contributed by atoms with Crippen LogP contribution in [-0.4, -0.2) is 33.0 Å². The first-order chi connectivity index (χ1) is 15.0. The molecule has 0 aliphatic carbocycles. The highest BCUT2D eigenvalue weighted by molar-refractivity contribution is 5.97. The maximum atomic E-state index is 12.4. The summed E-state index contributed by atoms with van der Waals surface area (Å²) < 4.78 is 7.12. The van der Waals surface area contributed by atoms with Crippen molar-refractivity contribution < 1.29 is 14.3 Å². The van der Waals surface area contributed by atoms with E-state index < -0.39 is 12.1 Å². The van der Waals surface area contributed by atoms with Crippen molar-refractivity contribution in [1.82, 2.24) is 15.0 Å². The summed E-state index contributed by atoms with van der Waals surface area (Å²) in [6.45, 7) is 4.05. The van der Waals surface area contributed by atoms with E-state index in [4.69, 9.17) is 4.74 Å². The highest BCUT2D eigenvalue weighted by Gasteiger charge is 2.19. The first-order valence-electron chi connectivity index (χ1n) is 9.95. The van der Waals surface area contributed by atoms with Crippen molar-refractivity contribution in [1.29, 1.82) is 0 Å². The Labute approximate surface area is 179 Å². The zero-order valence-corrected chi connectivity index (χ0v) is 17.3. The van der Waals surface area contributed by atoms with Crippen LogP contribution in [0.5, 0.6) is 0 Å². The molecular formula is C24H22N4O3. The van der Waals surface area contributed by atoms with Crippen LogP contribution < -0.4 is 5.32 Å². The van der Waals surface area contributed by atoms with Crippen LogP contribution in [-0.2, 0) is 16.1 Å². The van der Waals surface area contributed by atoms with Gasteiger partial charge in [0.2, 0.25) is 0 Å². The van der Waals surface area contributed by atoms with Crippen LogP contribution in [0, 0.1) is 6.92 Å². The van der Waals surface area contributed by atoms with Crippen LogP contribution in [0.2, 0.25) is 0 Å². The van der Waals surface area contributed by atoms with Gasteiger partial charge in [-0.2, -0.15) is 0 Å². The zero-order chi connectivity index (χ0) is 21.8. The van der Waals surface area contributed by atoms with Gasteiger partial charge in [0.05, 0.1) is 17.6 Å². The standard InChI is InChI=1S/C24H22N4O3/c1-16-7-13-20(14-8-16)25-23(29)17(2)31-24(30)19-11-9-18(10-12-19)15-28-22-6-4-3-5-21(22)26-27-28/h3-14,17H,15H2,1-2H3,(H,25,29)/t17-/m0/s1. The Balaban J connectivity index is 1.36. The van der Waals surface area contributed by atoms with Gasteiger partial charge >= 0.3 is 5.97 Å². The monoisotopic (exact) mass is 414 g/mol. The van der Waals surface area contributed by atoms with Crippen molar-refractivity contribution in [2.45, 2.75) is 26.5 Å². The Morgan fingerprint density at radius 2 is 1.71 bits per heavy atom. The smallest absolute Gasteiger partial charge is 0.338 e. The fourth-order valence-corrected chi connectivity index (χ4v) is 3.12. The number of carbonyl (C=O) groups is 2. The predicted molar refractivity (Wildman–Crippen MR) is 118 cm³/mol. The minimum Gasteiger partial charge on any atom is -0.449 e. The highest BCUT2D eigenvalue weighted by Crippen LogP contribution is 2.14. The molecule has 1 N–H and O–H groups in total. The minimum absolute atomic E-state index is 0.377. The summed E-state index contributed by atoms with van der Waals surface area (Å²) in [5.41, 5.74) is 4.88. The maximum Gasteiger partial charge on any atom is 0.338 e. The summed E-state index contributed by atoms with van der Waals surface area (Å²) in [6.07, 6.45) is -0.921. The summed E-state index contributed by atoms with van der Waals surface area (Å²) in [5.74, 6) is -0.934. The van der Waals surface area contributed by atoms with Crippen LogP contribution >= 0.6 is 0 Å². The van der Waals surface area contributed by atoms with E-state index in [-0.39, 0.29) is 5.91 Å². The summed E-state index contributed by atoms with van der Waals surface area (Å²) >= 11 is 0. The van der Waals surface area contributed by atoms with Crippen molar-refractivity contribution in [3.05, 3.63) is 89.5 Å². The predicted octanol–water partition coefficient (Wildman–Crippen LogP) is 3.97. The SMILES string of the molecule is Cc1ccc(NC(=O)[C@H](C)OC(=O)c2ccc(Cn3nnc4ccccc43)cc2)cc1. The van der Waals surface area contributed by atoms with Crippen molar-refractivity contribution in [3.8, 4) is 0 Å². The zero-order valence-electron chi connectivity index (χ0n) is 17.3. The molecule has 1 amide bonds. The fourth-order valence-electron chi connectivity index (χ4n) is 3.12. The molecule has 0 aliphatic rings. The number of hydrogen-bond donors (Lipinski definition) is 1. The summed E-state index contributed by atoms with van der Waals surface area (Å²) in [4.78, 5) is 24.7. The third kappa shape index (κ3) is 4.78. The van der Waals surface area contributed by atoms with Crippen molar-refractivity contribution in [3.63, 3.8) is 0 Å². The lowest BCUT2D eigenvalue weighted by molar-refractivity contribution is -0.123. The number of para-hydroxylation sites is 1. The number of aromatic nitrogens is 3. The number of aryl methyl sites for hydroxylation is 1. The highest BCUT2D eigenvalue weighted by atomic mass is 16.5. The topological polar surface area (TPSA) is 86.1 Å². The average molecular weight is 414 g/mol. The number of rotatable bonds is 6. The van der Waals surface area contributed by atoms with Crippen LogP contribution in [0.1, 0.15) is 28.4 Å². The van der Waals surface area contributed by atoms with E-state index in [0.717, 1.165) is 22.2 Å². The van der Waals surface area contributed by atoms with Crippen molar-refractivity contribution in [2.75, 3.05) is 5.32 Å². The quantitative estimate of drug-likeness (QED) is 0.483. The van der Waals surface area contributed by atoms with Crippen molar-refractivity contribution >= 4 is 28.6 Å². The van der Waals surface area contributed by atoms with Gasteiger partial charge < -0.3 is 10.1 Å². The van der Waals surface area contributed by atoms with E-state index in [1.807, 2.05) is 55.5 Å². The van der Waals surface area contributed by atoms with Crippen LogP contribution in [0.15, 0.2) is 72.8 Å². The molecule has 4 aromatic rings. The molecule has 0 radical (unpaired) electrons. The number of amides is 1. The van der Waals surface area contributed by atoms with E-state index in [1.165, 1.54) is 0 Å². The lowest BCUT2D eigenvalue weighted by atomic mass is 10.1. The molecule has 0 fully saturated rings. The number of nitrogens with one attached hydrogen (secondary N) is 1. The number of nitrogens with zero attached hydrogens (tertiary/aromatic N) is 3. The normalized spacial score (nSPS) is 11.8. The molecule has 0 saturated carbocycles. The Morgan fingerprint density at radius 3 is 2.45 bits per heavy atom. The van der Waals surface area contributed by atoms with Crippen molar-refractivity contribution in [2.24, 2.45) is 0 Å². The Morgan fingerprint density at radius 1 is 1.00 bits per heavy atom. The minimum atomic E-state index is -0.921. The second-order valence-corrected chi connectivity index (χ2v) is 7.34. The third-order valence-electron chi connectivity index (χ3n) is 4.91. The number of benzene rings is 3. The summed E-state index contributed by atoms with van der Waals surface area (Å²) in [5, 5.41) is 11.1. The van der Waals surface area contributed by atoms with E-state index in [1.54, 1.807) is 35.9 Å². The number of carbonyl (C=O) groups excluding carboxylic acids is 2.